The number of amides is 1. The maximum atomic E-state index is 12.3. The number of rotatable bonds is 5. The van der Waals surface area contributed by atoms with Crippen molar-refractivity contribution in [1.29, 1.82) is 0 Å². The van der Waals surface area contributed by atoms with Gasteiger partial charge in [-0.1, -0.05) is 0 Å². The molecular formula is C16H24N2O4S. The van der Waals surface area contributed by atoms with E-state index in [4.69, 9.17) is 4.74 Å². The standard InChI is InChI=1S/C16H24N2O4S/c1-13(16(19)18-11-5-4-6-12-18)22-15-9-7-14(8-10-15)17(2)23(3,20)21/h7-10,13H,4-6,11-12H2,1-3H3/t13-/m1/s1. The van der Waals surface area contributed by atoms with Crippen molar-refractivity contribution in [3.63, 3.8) is 0 Å². The minimum absolute atomic E-state index is 0.00188. The summed E-state index contributed by atoms with van der Waals surface area (Å²) in [4.78, 5) is 14.2. The number of ether oxygens (including phenoxy) is 1. The lowest BCUT2D eigenvalue weighted by atomic mass is 10.1. The first-order valence-electron chi connectivity index (χ1n) is 7.78. The molecule has 0 N–H and O–H groups in total. The van der Waals surface area contributed by atoms with Gasteiger partial charge < -0.3 is 9.64 Å². The second-order valence-electron chi connectivity index (χ2n) is 5.87. The average Bonchev–Trinajstić information content (AvgIpc) is 2.54. The van der Waals surface area contributed by atoms with Crippen LogP contribution in [0.2, 0.25) is 0 Å². The summed E-state index contributed by atoms with van der Waals surface area (Å²) in [6, 6.07) is 6.68. The summed E-state index contributed by atoms with van der Waals surface area (Å²) in [7, 11) is -1.79. The molecule has 7 heteroatoms. The van der Waals surface area contributed by atoms with Gasteiger partial charge in [-0.2, -0.15) is 0 Å². The summed E-state index contributed by atoms with van der Waals surface area (Å²) in [5.41, 5.74) is 0.551. The summed E-state index contributed by atoms with van der Waals surface area (Å²) in [6.45, 7) is 3.34. The molecule has 23 heavy (non-hydrogen) atoms. The van der Waals surface area contributed by atoms with E-state index in [1.165, 1.54) is 17.8 Å². The van der Waals surface area contributed by atoms with E-state index in [0.717, 1.165) is 32.2 Å². The number of hydrogen-bond donors (Lipinski definition) is 0. The van der Waals surface area contributed by atoms with Crippen LogP contribution in [0.4, 0.5) is 5.69 Å². The first-order chi connectivity index (χ1) is 10.8. The van der Waals surface area contributed by atoms with Gasteiger partial charge in [0.1, 0.15) is 5.75 Å². The lowest BCUT2D eigenvalue weighted by Crippen LogP contribution is -2.43. The smallest absolute Gasteiger partial charge is 0.263 e. The quantitative estimate of drug-likeness (QED) is 0.820. The summed E-state index contributed by atoms with van der Waals surface area (Å²) >= 11 is 0. The summed E-state index contributed by atoms with van der Waals surface area (Å²) in [5.74, 6) is 0.551. The highest BCUT2D eigenvalue weighted by molar-refractivity contribution is 7.92. The Kier molecular flexibility index (Phi) is 5.51. The van der Waals surface area contributed by atoms with Gasteiger partial charge in [-0.3, -0.25) is 9.10 Å². The summed E-state index contributed by atoms with van der Waals surface area (Å²) < 4.78 is 29.9. The lowest BCUT2D eigenvalue weighted by Gasteiger charge is -2.29. The third kappa shape index (κ3) is 4.60. The normalized spacial score (nSPS) is 16.7. The number of likely N-dealkylation sites (tertiary alicyclic amines) is 1. The van der Waals surface area contributed by atoms with Gasteiger partial charge in [0, 0.05) is 20.1 Å². The Labute approximate surface area is 138 Å². The fourth-order valence-electron chi connectivity index (χ4n) is 2.55. The average molecular weight is 340 g/mol. The van der Waals surface area contributed by atoms with E-state index in [9.17, 15) is 13.2 Å². The predicted molar refractivity (Wildman–Crippen MR) is 90.2 cm³/mol. The predicted octanol–water partition coefficient (Wildman–Crippen LogP) is 1.86. The molecule has 1 aliphatic heterocycles. The van der Waals surface area contributed by atoms with Crippen LogP contribution in [0.15, 0.2) is 24.3 Å². The third-order valence-corrected chi connectivity index (χ3v) is 5.23. The molecule has 1 aromatic rings. The van der Waals surface area contributed by atoms with E-state index in [-0.39, 0.29) is 5.91 Å². The van der Waals surface area contributed by atoms with Crippen LogP contribution in [0, 0.1) is 0 Å². The molecule has 1 aromatic carbocycles. The van der Waals surface area contributed by atoms with Gasteiger partial charge in [-0.15, -0.1) is 0 Å². The highest BCUT2D eigenvalue weighted by atomic mass is 32.2. The van der Waals surface area contributed by atoms with E-state index in [1.54, 1.807) is 31.2 Å². The Morgan fingerprint density at radius 3 is 2.26 bits per heavy atom. The van der Waals surface area contributed by atoms with E-state index in [0.29, 0.717) is 11.4 Å². The monoisotopic (exact) mass is 340 g/mol. The molecule has 0 aromatic heterocycles. The van der Waals surface area contributed by atoms with E-state index >= 15 is 0 Å². The number of nitrogens with zero attached hydrogens (tertiary/aromatic N) is 2. The van der Waals surface area contributed by atoms with Crippen molar-refractivity contribution < 1.29 is 17.9 Å². The molecule has 1 amide bonds. The molecule has 1 atom stereocenters. The zero-order valence-electron chi connectivity index (χ0n) is 13.9. The molecule has 1 heterocycles. The van der Waals surface area contributed by atoms with Crippen LogP contribution in [0.1, 0.15) is 26.2 Å². The molecule has 1 aliphatic rings. The maximum absolute atomic E-state index is 12.3. The first-order valence-corrected chi connectivity index (χ1v) is 9.63. The Hall–Kier alpha value is -1.76. The van der Waals surface area contributed by atoms with Crippen molar-refractivity contribution in [1.82, 2.24) is 4.90 Å². The molecule has 0 unspecified atom stereocenters. The number of anilines is 1. The Bertz CT molecular complexity index is 637. The zero-order valence-corrected chi connectivity index (χ0v) is 14.7. The molecule has 0 aliphatic carbocycles. The number of carbonyl (C=O) groups excluding carboxylic acids is 1. The van der Waals surface area contributed by atoms with Crippen LogP contribution >= 0.6 is 0 Å². The van der Waals surface area contributed by atoms with Crippen LogP contribution in [0.25, 0.3) is 0 Å². The number of piperidine rings is 1. The van der Waals surface area contributed by atoms with Crippen molar-refractivity contribution in [2.24, 2.45) is 0 Å². The fourth-order valence-corrected chi connectivity index (χ4v) is 3.06. The van der Waals surface area contributed by atoms with Crippen molar-refractivity contribution >= 4 is 21.6 Å². The van der Waals surface area contributed by atoms with Gasteiger partial charge in [-0.25, -0.2) is 8.42 Å². The van der Waals surface area contributed by atoms with Crippen molar-refractivity contribution in [2.45, 2.75) is 32.3 Å². The van der Waals surface area contributed by atoms with Crippen molar-refractivity contribution in [2.75, 3.05) is 30.7 Å². The molecule has 128 valence electrons. The van der Waals surface area contributed by atoms with Crippen LogP contribution < -0.4 is 9.04 Å². The highest BCUT2D eigenvalue weighted by Crippen LogP contribution is 2.21. The molecule has 0 radical (unpaired) electrons. The number of carbonyl (C=O) groups is 1. The van der Waals surface area contributed by atoms with Crippen molar-refractivity contribution in [3.8, 4) is 5.75 Å². The SMILES string of the molecule is C[C@@H](Oc1ccc(N(C)S(C)(=O)=O)cc1)C(=O)N1CCCCC1. The van der Waals surface area contributed by atoms with Gasteiger partial charge in [0.05, 0.1) is 11.9 Å². The number of benzene rings is 1. The molecule has 1 saturated heterocycles. The largest absolute Gasteiger partial charge is 0.481 e. The van der Waals surface area contributed by atoms with Crippen molar-refractivity contribution in [3.05, 3.63) is 24.3 Å². The van der Waals surface area contributed by atoms with E-state index < -0.39 is 16.1 Å². The van der Waals surface area contributed by atoms with Crippen LogP contribution in [0.3, 0.4) is 0 Å². The fraction of sp³-hybridized carbons (Fsp3) is 0.562. The van der Waals surface area contributed by atoms with Gasteiger partial charge in [0.2, 0.25) is 10.0 Å². The minimum atomic E-state index is -3.29. The first kappa shape index (κ1) is 17.6. The molecule has 0 bridgehead atoms. The van der Waals surface area contributed by atoms with Crippen LogP contribution in [0.5, 0.6) is 5.75 Å². The van der Waals surface area contributed by atoms with Gasteiger partial charge in [-0.05, 0) is 50.5 Å². The minimum Gasteiger partial charge on any atom is -0.481 e. The van der Waals surface area contributed by atoms with Crippen LogP contribution in [-0.4, -0.2) is 51.7 Å². The second kappa shape index (κ2) is 7.21. The number of sulfonamides is 1. The van der Waals surface area contributed by atoms with Gasteiger partial charge in [0.25, 0.3) is 5.91 Å². The second-order valence-corrected chi connectivity index (χ2v) is 7.88. The maximum Gasteiger partial charge on any atom is 0.263 e. The summed E-state index contributed by atoms with van der Waals surface area (Å²) in [6.07, 6.45) is 3.87. The van der Waals surface area contributed by atoms with Gasteiger partial charge in [0.15, 0.2) is 6.10 Å². The van der Waals surface area contributed by atoms with E-state index in [1.807, 2.05) is 4.90 Å². The third-order valence-electron chi connectivity index (χ3n) is 4.03. The molecule has 0 spiro atoms. The Morgan fingerprint density at radius 2 is 1.74 bits per heavy atom. The zero-order chi connectivity index (χ0) is 17.0. The molecule has 1 fully saturated rings. The van der Waals surface area contributed by atoms with E-state index in [2.05, 4.69) is 0 Å². The van der Waals surface area contributed by atoms with Crippen LogP contribution in [-0.2, 0) is 14.8 Å². The Balaban J connectivity index is 1.98. The molecular weight excluding hydrogens is 316 g/mol. The summed E-state index contributed by atoms with van der Waals surface area (Å²) in [5, 5.41) is 0. The molecule has 2 rings (SSSR count). The molecule has 0 saturated carbocycles. The topological polar surface area (TPSA) is 66.9 Å². The van der Waals surface area contributed by atoms with Gasteiger partial charge >= 0.3 is 0 Å². The Morgan fingerprint density at radius 1 is 1.17 bits per heavy atom. The number of hydrogen-bond acceptors (Lipinski definition) is 4. The molecule has 6 nitrogen and oxygen atoms in total. The lowest BCUT2D eigenvalue weighted by molar-refractivity contribution is -0.138. The highest BCUT2D eigenvalue weighted by Gasteiger charge is 2.23.